The van der Waals surface area contributed by atoms with E-state index in [1.54, 1.807) is 6.92 Å². The molecule has 1 unspecified atom stereocenters. The number of halogens is 5. The van der Waals surface area contributed by atoms with Crippen LogP contribution in [0.15, 0.2) is 35.9 Å². The second-order valence-electron chi connectivity index (χ2n) is 5.78. The van der Waals surface area contributed by atoms with Gasteiger partial charge in [-0.3, -0.25) is 0 Å². The summed E-state index contributed by atoms with van der Waals surface area (Å²) in [4.78, 5) is 11.1. The molecule has 1 aliphatic heterocycles. The fraction of sp³-hybridized carbons (Fsp3) is 0.167. The molecule has 2 aromatic rings. The van der Waals surface area contributed by atoms with Crippen LogP contribution in [0.4, 0.5) is 17.6 Å². The molecule has 1 atom stereocenters. The van der Waals surface area contributed by atoms with Crippen molar-refractivity contribution in [2.75, 3.05) is 0 Å². The van der Waals surface area contributed by atoms with Crippen LogP contribution in [0.3, 0.4) is 0 Å². The average Bonchev–Trinajstić information content (AvgIpc) is 2.56. The summed E-state index contributed by atoms with van der Waals surface area (Å²) in [7, 11) is 0. The Labute approximate surface area is 184 Å². The van der Waals surface area contributed by atoms with Crippen molar-refractivity contribution in [2.24, 2.45) is 0 Å². The van der Waals surface area contributed by atoms with Crippen LogP contribution in [-0.4, -0.2) is 52.9 Å². The van der Waals surface area contributed by atoms with Gasteiger partial charge in [0.1, 0.15) is 23.1 Å². The second kappa shape index (κ2) is 8.32. The van der Waals surface area contributed by atoms with Crippen molar-refractivity contribution in [3.8, 4) is 17.2 Å². The van der Waals surface area contributed by atoms with Crippen molar-refractivity contribution in [1.82, 2.24) is 0 Å². The van der Waals surface area contributed by atoms with E-state index in [0.29, 0.717) is 5.56 Å². The molecule has 4 nitrogen and oxygen atoms in total. The Morgan fingerprint density at radius 1 is 1.21 bits per heavy atom. The third-order valence-corrected chi connectivity index (χ3v) is 4.11. The maximum absolute atomic E-state index is 13.4. The Morgan fingerprint density at radius 2 is 1.89 bits per heavy atom. The number of benzene rings is 2. The topological polar surface area (TPSA) is 55.8 Å². The van der Waals surface area contributed by atoms with Crippen molar-refractivity contribution in [2.45, 2.75) is 19.2 Å². The number of aliphatic carboxylic acids is 1. The summed E-state index contributed by atoms with van der Waals surface area (Å²) in [5.74, 6) is -2.50. The summed E-state index contributed by atoms with van der Waals surface area (Å²) < 4.78 is 63.2. The molecule has 1 aliphatic rings. The Hall–Kier alpha value is -1.74. The number of rotatable bonds is 3. The standard InChI is InChI=1S/C18H11ClF4O4.Na.H/c1-8-2-3-10(20)6-13(8)26-15-7-14-9(5-12(15)19)4-11(17(24)25)16(27-14)18(21,22)23;;/h2-7,16H,1H3,(H,24,25);;. The minimum atomic E-state index is -4.93. The van der Waals surface area contributed by atoms with E-state index in [-0.39, 0.29) is 57.4 Å². The Morgan fingerprint density at radius 3 is 2.50 bits per heavy atom. The predicted molar refractivity (Wildman–Crippen MR) is 95.9 cm³/mol. The zero-order chi connectivity index (χ0) is 19.9. The van der Waals surface area contributed by atoms with Gasteiger partial charge in [-0.05, 0) is 30.7 Å². The van der Waals surface area contributed by atoms with Gasteiger partial charge >= 0.3 is 41.7 Å². The van der Waals surface area contributed by atoms with Gasteiger partial charge in [0.15, 0.2) is 0 Å². The van der Waals surface area contributed by atoms with Crippen molar-refractivity contribution < 1.29 is 36.9 Å². The third kappa shape index (κ3) is 4.63. The maximum atomic E-state index is 13.4. The first-order valence-electron chi connectivity index (χ1n) is 7.52. The molecule has 0 saturated carbocycles. The molecule has 1 N–H and O–H groups in total. The van der Waals surface area contributed by atoms with Gasteiger partial charge in [0, 0.05) is 17.7 Å². The summed E-state index contributed by atoms with van der Waals surface area (Å²) >= 11 is 6.08. The van der Waals surface area contributed by atoms with E-state index in [9.17, 15) is 22.4 Å². The van der Waals surface area contributed by atoms with E-state index in [4.69, 9.17) is 26.2 Å². The normalized spacial score (nSPS) is 15.6. The molecule has 0 radical (unpaired) electrons. The van der Waals surface area contributed by atoms with Crippen LogP contribution in [-0.2, 0) is 4.79 Å². The minimum absolute atomic E-state index is 0. The van der Waals surface area contributed by atoms with Crippen LogP contribution < -0.4 is 9.47 Å². The van der Waals surface area contributed by atoms with Gasteiger partial charge in [-0.1, -0.05) is 17.7 Å². The SMILES string of the molecule is Cc1ccc(F)cc1Oc1cc2c(cc1Cl)C=C(C(=O)O)C(C(F)(F)F)O2.[NaH]. The number of ether oxygens (including phenoxy) is 2. The van der Waals surface area contributed by atoms with Gasteiger partial charge in [-0.25, -0.2) is 9.18 Å². The molecule has 0 spiro atoms. The first kappa shape index (κ1) is 22.5. The molecule has 0 bridgehead atoms. The van der Waals surface area contributed by atoms with Crippen LogP contribution >= 0.6 is 11.6 Å². The zero-order valence-corrected chi connectivity index (χ0v) is 14.4. The second-order valence-corrected chi connectivity index (χ2v) is 6.18. The van der Waals surface area contributed by atoms with Crippen LogP contribution in [0.1, 0.15) is 11.1 Å². The van der Waals surface area contributed by atoms with Gasteiger partial charge in [0.25, 0.3) is 0 Å². The molecular formula is C18H12ClF4NaO4. The first-order valence-corrected chi connectivity index (χ1v) is 7.90. The van der Waals surface area contributed by atoms with Crippen LogP contribution in [0.5, 0.6) is 17.2 Å². The zero-order valence-electron chi connectivity index (χ0n) is 13.6. The molecule has 0 aromatic heterocycles. The van der Waals surface area contributed by atoms with Crippen molar-refractivity contribution >= 4 is 53.2 Å². The monoisotopic (exact) mass is 426 g/mol. The third-order valence-electron chi connectivity index (χ3n) is 3.82. The molecule has 10 heteroatoms. The number of carboxylic acid groups (broad SMARTS) is 1. The molecule has 1 heterocycles. The summed E-state index contributed by atoms with van der Waals surface area (Å²) in [6.45, 7) is 1.65. The van der Waals surface area contributed by atoms with Crippen molar-refractivity contribution in [3.05, 3.63) is 57.9 Å². The molecule has 0 fully saturated rings. The van der Waals surface area contributed by atoms with Crippen LogP contribution in [0.25, 0.3) is 6.08 Å². The summed E-state index contributed by atoms with van der Waals surface area (Å²) in [6.07, 6.45) is -6.71. The fourth-order valence-corrected chi connectivity index (χ4v) is 2.71. The molecule has 0 amide bonds. The first-order chi connectivity index (χ1) is 12.6. The molecule has 3 rings (SSSR count). The van der Waals surface area contributed by atoms with Crippen molar-refractivity contribution in [1.29, 1.82) is 0 Å². The predicted octanol–water partition coefficient (Wildman–Crippen LogP) is 4.72. The summed E-state index contributed by atoms with van der Waals surface area (Å²) in [5, 5.41) is 9.02. The summed E-state index contributed by atoms with van der Waals surface area (Å²) in [6, 6.07) is 6.13. The van der Waals surface area contributed by atoms with E-state index >= 15 is 0 Å². The Balaban J connectivity index is 0.00000280. The molecular weight excluding hydrogens is 415 g/mol. The quantitative estimate of drug-likeness (QED) is 0.570. The number of hydrogen-bond donors (Lipinski definition) is 1. The number of hydrogen-bond acceptors (Lipinski definition) is 3. The number of fused-ring (bicyclic) bond motifs is 1. The van der Waals surface area contributed by atoms with Gasteiger partial charge < -0.3 is 14.6 Å². The van der Waals surface area contributed by atoms with Gasteiger partial charge in [0.2, 0.25) is 6.10 Å². The van der Waals surface area contributed by atoms with E-state index in [0.717, 1.165) is 18.2 Å². The molecule has 0 aliphatic carbocycles. The number of carbonyl (C=O) groups is 1. The van der Waals surface area contributed by atoms with E-state index < -0.39 is 29.6 Å². The number of carboxylic acids is 1. The van der Waals surface area contributed by atoms with E-state index in [2.05, 4.69) is 0 Å². The van der Waals surface area contributed by atoms with Gasteiger partial charge in [-0.15, -0.1) is 0 Å². The van der Waals surface area contributed by atoms with E-state index in [1.807, 2.05) is 0 Å². The van der Waals surface area contributed by atoms with E-state index in [1.165, 1.54) is 18.2 Å². The summed E-state index contributed by atoms with van der Waals surface area (Å²) in [5.41, 5.74) is -0.325. The average molecular weight is 427 g/mol. The van der Waals surface area contributed by atoms with Gasteiger partial charge in [0.05, 0.1) is 10.6 Å². The van der Waals surface area contributed by atoms with Crippen molar-refractivity contribution in [3.63, 3.8) is 0 Å². The number of aryl methyl sites for hydroxylation is 1. The Kier molecular flexibility index (Phi) is 6.70. The molecule has 144 valence electrons. The number of alkyl halides is 3. The fourth-order valence-electron chi connectivity index (χ4n) is 2.50. The Bertz CT molecular complexity index is 959. The molecule has 0 saturated heterocycles. The van der Waals surface area contributed by atoms with Crippen LogP contribution in [0, 0.1) is 12.7 Å². The van der Waals surface area contributed by atoms with Crippen LogP contribution in [0.2, 0.25) is 5.02 Å². The molecule has 28 heavy (non-hydrogen) atoms. The molecule has 2 aromatic carbocycles. The van der Waals surface area contributed by atoms with Gasteiger partial charge in [-0.2, -0.15) is 13.2 Å².